The molecule has 1 aromatic carbocycles. The van der Waals surface area contributed by atoms with Gasteiger partial charge in [0.1, 0.15) is 5.75 Å². The first kappa shape index (κ1) is 14.8. The van der Waals surface area contributed by atoms with Crippen LogP contribution >= 0.6 is 11.6 Å². The molecule has 0 unspecified atom stereocenters. The minimum atomic E-state index is -0.709. The lowest BCUT2D eigenvalue weighted by Gasteiger charge is -2.06. The van der Waals surface area contributed by atoms with Crippen LogP contribution in [0.3, 0.4) is 0 Å². The second kappa shape index (κ2) is 8.81. The first-order valence-corrected chi connectivity index (χ1v) is 6.66. The lowest BCUT2D eigenvalue weighted by atomic mass is 10.1. The predicted octanol–water partition coefficient (Wildman–Crippen LogP) is 4.14. The molecule has 0 radical (unpaired) electrons. The zero-order chi connectivity index (χ0) is 13.2. The lowest BCUT2D eigenvalue weighted by molar-refractivity contribution is -0.137. The number of aliphatic carboxylic acids is 1. The zero-order valence-corrected chi connectivity index (χ0v) is 11.2. The number of halogens is 1. The standard InChI is InChI=1S/C14H19ClO3/c15-12-7-6-8-13(11-12)18-10-5-3-1-2-4-9-14(16)17/h6-8,11H,1-5,9-10H2,(H,16,17). The van der Waals surface area contributed by atoms with Crippen molar-refractivity contribution in [2.45, 2.75) is 38.5 Å². The second-order valence-electron chi connectivity index (χ2n) is 4.22. The number of carboxylic acids is 1. The highest BCUT2D eigenvalue weighted by molar-refractivity contribution is 6.30. The van der Waals surface area contributed by atoms with Gasteiger partial charge in [-0.15, -0.1) is 0 Å². The van der Waals surface area contributed by atoms with Crippen LogP contribution in [0, 0.1) is 0 Å². The van der Waals surface area contributed by atoms with Gasteiger partial charge in [0.15, 0.2) is 0 Å². The summed E-state index contributed by atoms with van der Waals surface area (Å²) in [6.07, 6.45) is 5.14. The Morgan fingerprint density at radius 2 is 1.89 bits per heavy atom. The van der Waals surface area contributed by atoms with Crippen molar-refractivity contribution >= 4 is 17.6 Å². The van der Waals surface area contributed by atoms with Crippen molar-refractivity contribution in [2.24, 2.45) is 0 Å². The second-order valence-corrected chi connectivity index (χ2v) is 4.65. The van der Waals surface area contributed by atoms with Crippen molar-refractivity contribution in [1.82, 2.24) is 0 Å². The molecule has 0 aliphatic rings. The van der Waals surface area contributed by atoms with Gasteiger partial charge in [-0.3, -0.25) is 4.79 Å². The predicted molar refractivity (Wildman–Crippen MR) is 72.3 cm³/mol. The van der Waals surface area contributed by atoms with Crippen LogP contribution in [0.4, 0.5) is 0 Å². The molecular formula is C14H19ClO3. The van der Waals surface area contributed by atoms with E-state index in [1.165, 1.54) is 0 Å². The van der Waals surface area contributed by atoms with Crippen LogP contribution in [0.2, 0.25) is 5.02 Å². The minimum Gasteiger partial charge on any atom is -0.494 e. The van der Waals surface area contributed by atoms with Crippen LogP contribution in [-0.4, -0.2) is 17.7 Å². The number of benzene rings is 1. The third-order valence-corrected chi connectivity index (χ3v) is 2.83. The number of hydrogen-bond donors (Lipinski definition) is 1. The summed E-state index contributed by atoms with van der Waals surface area (Å²) in [4.78, 5) is 10.3. The number of carbonyl (C=O) groups is 1. The van der Waals surface area contributed by atoms with Crippen LogP contribution in [0.25, 0.3) is 0 Å². The quantitative estimate of drug-likeness (QED) is 0.686. The average molecular weight is 271 g/mol. The molecule has 0 saturated carbocycles. The summed E-state index contributed by atoms with van der Waals surface area (Å²) in [5.74, 6) is 0.0904. The summed E-state index contributed by atoms with van der Waals surface area (Å²) in [5.41, 5.74) is 0. The summed E-state index contributed by atoms with van der Waals surface area (Å²) < 4.78 is 5.55. The molecule has 0 aliphatic carbocycles. The maximum absolute atomic E-state index is 10.3. The van der Waals surface area contributed by atoms with Crippen molar-refractivity contribution in [2.75, 3.05) is 6.61 Å². The molecule has 4 heteroatoms. The van der Waals surface area contributed by atoms with E-state index in [-0.39, 0.29) is 6.42 Å². The molecular weight excluding hydrogens is 252 g/mol. The van der Waals surface area contributed by atoms with Gasteiger partial charge in [-0.1, -0.05) is 36.9 Å². The molecule has 0 aromatic heterocycles. The van der Waals surface area contributed by atoms with E-state index in [9.17, 15) is 4.79 Å². The highest BCUT2D eigenvalue weighted by Gasteiger charge is 1.97. The van der Waals surface area contributed by atoms with Gasteiger partial charge in [0.25, 0.3) is 0 Å². The first-order chi connectivity index (χ1) is 8.68. The molecule has 0 fully saturated rings. The fourth-order valence-electron chi connectivity index (χ4n) is 1.66. The maximum atomic E-state index is 10.3. The van der Waals surface area contributed by atoms with Crippen molar-refractivity contribution in [3.05, 3.63) is 29.3 Å². The number of rotatable bonds is 9. The Labute approximate surface area is 113 Å². The van der Waals surface area contributed by atoms with Crippen molar-refractivity contribution in [1.29, 1.82) is 0 Å². The molecule has 18 heavy (non-hydrogen) atoms. The Hall–Kier alpha value is -1.22. The van der Waals surface area contributed by atoms with Gasteiger partial charge in [0, 0.05) is 11.4 Å². The van der Waals surface area contributed by atoms with Gasteiger partial charge in [0.2, 0.25) is 0 Å². The Morgan fingerprint density at radius 3 is 2.61 bits per heavy atom. The molecule has 0 spiro atoms. The third kappa shape index (κ3) is 7.17. The van der Waals surface area contributed by atoms with Gasteiger partial charge in [-0.05, 0) is 31.0 Å². The van der Waals surface area contributed by atoms with Crippen molar-refractivity contribution < 1.29 is 14.6 Å². The average Bonchev–Trinajstić information content (AvgIpc) is 2.32. The molecule has 100 valence electrons. The molecule has 0 amide bonds. The minimum absolute atomic E-state index is 0.277. The van der Waals surface area contributed by atoms with Gasteiger partial charge >= 0.3 is 5.97 Å². The van der Waals surface area contributed by atoms with Crippen LogP contribution < -0.4 is 4.74 Å². The van der Waals surface area contributed by atoms with E-state index < -0.39 is 5.97 Å². The molecule has 1 rings (SSSR count). The summed E-state index contributed by atoms with van der Waals surface area (Å²) in [6, 6.07) is 7.37. The SMILES string of the molecule is O=C(O)CCCCCCCOc1cccc(Cl)c1. The molecule has 0 aliphatic heterocycles. The van der Waals surface area contributed by atoms with E-state index in [1.54, 1.807) is 6.07 Å². The largest absolute Gasteiger partial charge is 0.494 e. The van der Waals surface area contributed by atoms with E-state index in [0.717, 1.165) is 37.9 Å². The fraction of sp³-hybridized carbons (Fsp3) is 0.500. The fourth-order valence-corrected chi connectivity index (χ4v) is 1.84. The molecule has 0 atom stereocenters. The highest BCUT2D eigenvalue weighted by atomic mass is 35.5. The molecule has 0 bridgehead atoms. The monoisotopic (exact) mass is 270 g/mol. The topological polar surface area (TPSA) is 46.5 Å². The Morgan fingerprint density at radius 1 is 1.17 bits per heavy atom. The van der Waals surface area contributed by atoms with E-state index in [1.807, 2.05) is 18.2 Å². The van der Waals surface area contributed by atoms with E-state index in [4.69, 9.17) is 21.4 Å². The molecule has 3 nitrogen and oxygen atoms in total. The van der Waals surface area contributed by atoms with Crippen molar-refractivity contribution in [3.63, 3.8) is 0 Å². The molecule has 0 heterocycles. The van der Waals surface area contributed by atoms with E-state index in [0.29, 0.717) is 11.6 Å². The summed E-state index contributed by atoms with van der Waals surface area (Å²) in [7, 11) is 0. The van der Waals surface area contributed by atoms with Crippen molar-refractivity contribution in [3.8, 4) is 5.75 Å². The van der Waals surface area contributed by atoms with Crippen LogP contribution in [0.5, 0.6) is 5.75 Å². The Balaban J connectivity index is 1.97. The summed E-state index contributed by atoms with van der Waals surface area (Å²) >= 11 is 5.84. The zero-order valence-electron chi connectivity index (χ0n) is 10.4. The Kier molecular flexibility index (Phi) is 7.26. The summed E-state index contributed by atoms with van der Waals surface area (Å²) in [6.45, 7) is 0.680. The Bertz CT molecular complexity index is 366. The molecule has 1 aromatic rings. The number of ether oxygens (including phenoxy) is 1. The van der Waals surface area contributed by atoms with Crippen LogP contribution in [-0.2, 0) is 4.79 Å². The molecule has 1 N–H and O–H groups in total. The van der Waals surface area contributed by atoms with Gasteiger partial charge in [-0.2, -0.15) is 0 Å². The van der Waals surface area contributed by atoms with Gasteiger partial charge < -0.3 is 9.84 Å². The van der Waals surface area contributed by atoms with E-state index >= 15 is 0 Å². The van der Waals surface area contributed by atoms with E-state index in [2.05, 4.69) is 0 Å². The highest BCUT2D eigenvalue weighted by Crippen LogP contribution is 2.17. The van der Waals surface area contributed by atoms with Gasteiger partial charge in [0.05, 0.1) is 6.61 Å². The number of hydrogen-bond acceptors (Lipinski definition) is 2. The number of unbranched alkanes of at least 4 members (excludes halogenated alkanes) is 4. The lowest BCUT2D eigenvalue weighted by Crippen LogP contribution is -1.97. The van der Waals surface area contributed by atoms with Gasteiger partial charge in [-0.25, -0.2) is 0 Å². The smallest absolute Gasteiger partial charge is 0.303 e. The third-order valence-electron chi connectivity index (χ3n) is 2.60. The van der Waals surface area contributed by atoms with Crippen LogP contribution in [0.1, 0.15) is 38.5 Å². The summed E-state index contributed by atoms with van der Waals surface area (Å²) in [5, 5.41) is 9.15. The number of carboxylic acid groups (broad SMARTS) is 1. The molecule has 0 saturated heterocycles. The first-order valence-electron chi connectivity index (χ1n) is 6.28. The maximum Gasteiger partial charge on any atom is 0.303 e. The normalized spacial score (nSPS) is 10.3. The van der Waals surface area contributed by atoms with Crippen LogP contribution in [0.15, 0.2) is 24.3 Å².